The smallest absolute Gasteiger partial charge is 0.357 e. The molecule has 0 aromatic carbocycles. The van der Waals surface area contributed by atoms with Crippen molar-refractivity contribution in [2.45, 2.75) is 32.9 Å². The third kappa shape index (κ3) is 3.91. The molecule has 0 atom stereocenters. The third-order valence-corrected chi connectivity index (χ3v) is 2.38. The summed E-state index contributed by atoms with van der Waals surface area (Å²) in [5, 5.41) is 0. The maximum absolute atomic E-state index is 12.6. The summed E-state index contributed by atoms with van der Waals surface area (Å²) in [5.74, 6) is 0.406. The topological polar surface area (TPSA) is 16.1 Å². The monoisotopic (exact) mass is 246 g/mol. The first-order valence-corrected chi connectivity index (χ1v) is 5.77. The van der Waals surface area contributed by atoms with Crippen LogP contribution >= 0.6 is 0 Å². The fourth-order valence-corrected chi connectivity index (χ4v) is 1.65. The molecule has 0 N–H and O–H groups in total. The average Bonchev–Trinajstić information content (AvgIpc) is 2.28. The van der Waals surface area contributed by atoms with Crippen molar-refractivity contribution in [2.24, 2.45) is 0 Å². The zero-order valence-corrected chi connectivity index (χ0v) is 10.1. The van der Waals surface area contributed by atoms with Crippen LogP contribution in [0.15, 0.2) is 18.3 Å². The fourth-order valence-electron chi connectivity index (χ4n) is 1.65. The molecule has 0 saturated heterocycles. The lowest BCUT2D eigenvalue weighted by Gasteiger charge is -2.23. The molecule has 96 valence electrons. The van der Waals surface area contributed by atoms with E-state index < -0.39 is 11.7 Å². The molecule has 0 bridgehead atoms. The van der Waals surface area contributed by atoms with Gasteiger partial charge in [0.05, 0.1) is 5.56 Å². The van der Waals surface area contributed by atoms with Crippen molar-refractivity contribution >= 4 is 5.82 Å². The van der Waals surface area contributed by atoms with Gasteiger partial charge in [0.1, 0.15) is 5.82 Å². The van der Waals surface area contributed by atoms with E-state index in [9.17, 15) is 13.2 Å². The molecule has 0 fully saturated rings. The Bertz CT molecular complexity index is 344. The predicted molar refractivity (Wildman–Crippen MR) is 62.0 cm³/mol. The molecular formula is C12H17F3N2. The molecular weight excluding hydrogens is 229 g/mol. The highest BCUT2D eigenvalue weighted by molar-refractivity contribution is 5.41. The van der Waals surface area contributed by atoms with E-state index in [2.05, 4.69) is 4.98 Å². The van der Waals surface area contributed by atoms with Crippen LogP contribution in [0.4, 0.5) is 19.0 Å². The van der Waals surface area contributed by atoms with Gasteiger partial charge in [0.15, 0.2) is 0 Å². The van der Waals surface area contributed by atoms with E-state index in [-0.39, 0.29) is 0 Å². The van der Waals surface area contributed by atoms with Gasteiger partial charge in [-0.15, -0.1) is 0 Å². The number of alkyl halides is 3. The lowest BCUT2D eigenvalue weighted by molar-refractivity contribution is -0.137. The van der Waals surface area contributed by atoms with Crippen LogP contribution in [0.2, 0.25) is 0 Å². The minimum Gasteiger partial charge on any atom is -0.357 e. The number of anilines is 1. The lowest BCUT2D eigenvalue weighted by atomic mass is 10.2. The standard InChI is InChI=1S/C12H17F3N2/c1-3-7-17(8-4-2)11-9-10(5-6-16-11)12(13,14)15/h5-6,9H,3-4,7-8H2,1-2H3. The van der Waals surface area contributed by atoms with Gasteiger partial charge in [0, 0.05) is 19.3 Å². The first kappa shape index (κ1) is 13.8. The Kier molecular flexibility index (Phi) is 4.78. The minimum atomic E-state index is -4.30. The van der Waals surface area contributed by atoms with Crippen molar-refractivity contribution in [1.29, 1.82) is 0 Å². The second-order valence-corrected chi connectivity index (χ2v) is 3.89. The van der Waals surface area contributed by atoms with Gasteiger partial charge in [0.2, 0.25) is 0 Å². The van der Waals surface area contributed by atoms with Crippen LogP contribution < -0.4 is 4.90 Å². The molecule has 1 aromatic rings. The molecule has 1 aromatic heterocycles. The van der Waals surface area contributed by atoms with Gasteiger partial charge < -0.3 is 4.90 Å². The summed E-state index contributed by atoms with van der Waals surface area (Å²) in [6.45, 7) is 5.44. The van der Waals surface area contributed by atoms with Gasteiger partial charge in [-0.05, 0) is 25.0 Å². The van der Waals surface area contributed by atoms with Crippen molar-refractivity contribution < 1.29 is 13.2 Å². The molecule has 0 saturated carbocycles. The highest BCUT2D eigenvalue weighted by Crippen LogP contribution is 2.30. The first-order valence-electron chi connectivity index (χ1n) is 5.77. The largest absolute Gasteiger partial charge is 0.416 e. The zero-order valence-electron chi connectivity index (χ0n) is 10.1. The zero-order chi connectivity index (χ0) is 12.9. The summed E-state index contributed by atoms with van der Waals surface area (Å²) in [5.41, 5.74) is -0.639. The van der Waals surface area contributed by atoms with Crippen LogP contribution in [0.5, 0.6) is 0 Å². The van der Waals surface area contributed by atoms with E-state index in [0.717, 1.165) is 38.1 Å². The molecule has 0 unspecified atom stereocenters. The van der Waals surface area contributed by atoms with E-state index in [1.54, 1.807) is 0 Å². The van der Waals surface area contributed by atoms with E-state index in [4.69, 9.17) is 0 Å². The van der Waals surface area contributed by atoms with E-state index in [1.165, 1.54) is 6.20 Å². The molecule has 0 aliphatic heterocycles. The lowest BCUT2D eigenvalue weighted by Crippen LogP contribution is -2.26. The number of aromatic nitrogens is 1. The molecule has 0 radical (unpaired) electrons. The summed E-state index contributed by atoms with van der Waals surface area (Å²) < 4.78 is 37.7. The van der Waals surface area contributed by atoms with E-state index in [1.807, 2.05) is 18.7 Å². The highest BCUT2D eigenvalue weighted by Gasteiger charge is 2.31. The van der Waals surface area contributed by atoms with Gasteiger partial charge in [0.25, 0.3) is 0 Å². The Morgan fingerprint density at radius 3 is 2.24 bits per heavy atom. The van der Waals surface area contributed by atoms with Crippen LogP contribution in [0, 0.1) is 0 Å². The van der Waals surface area contributed by atoms with Gasteiger partial charge in [-0.1, -0.05) is 13.8 Å². The molecule has 0 aliphatic carbocycles. The number of nitrogens with zero attached hydrogens (tertiary/aromatic N) is 2. The van der Waals surface area contributed by atoms with E-state index in [0.29, 0.717) is 5.82 Å². The molecule has 1 heterocycles. The van der Waals surface area contributed by atoms with Crippen LogP contribution in [0.25, 0.3) is 0 Å². The summed E-state index contributed by atoms with van der Waals surface area (Å²) >= 11 is 0. The first-order chi connectivity index (χ1) is 7.99. The van der Waals surface area contributed by atoms with Crippen molar-refractivity contribution in [3.8, 4) is 0 Å². The van der Waals surface area contributed by atoms with Gasteiger partial charge >= 0.3 is 6.18 Å². The third-order valence-electron chi connectivity index (χ3n) is 2.38. The fraction of sp³-hybridized carbons (Fsp3) is 0.583. The van der Waals surface area contributed by atoms with Gasteiger partial charge in [-0.2, -0.15) is 13.2 Å². The summed E-state index contributed by atoms with van der Waals surface area (Å²) in [4.78, 5) is 5.90. The Hall–Kier alpha value is -1.26. The molecule has 0 aliphatic rings. The molecule has 2 nitrogen and oxygen atoms in total. The SMILES string of the molecule is CCCN(CCC)c1cc(C(F)(F)F)ccn1. The van der Waals surface area contributed by atoms with Crippen molar-refractivity contribution in [3.63, 3.8) is 0 Å². The molecule has 0 amide bonds. The Morgan fingerprint density at radius 1 is 1.18 bits per heavy atom. The second kappa shape index (κ2) is 5.89. The number of hydrogen-bond donors (Lipinski definition) is 0. The summed E-state index contributed by atoms with van der Waals surface area (Å²) in [7, 11) is 0. The molecule has 5 heteroatoms. The summed E-state index contributed by atoms with van der Waals surface area (Å²) in [6.07, 6.45) is -1.31. The van der Waals surface area contributed by atoms with Gasteiger partial charge in [-0.3, -0.25) is 0 Å². The highest BCUT2D eigenvalue weighted by atomic mass is 19.4. The van der Waals surface area contributed by atoms with Crippen LogP contribution in [-0.4, -0.2) is 18.1 Å². The maximum atomic E-state index is 12.6. The number of hydrogen-bond acceptors (Lipinski definition) is 2. The quantitative estimate of drug-likeness (QED) is 0.787. The normalized spacial score (nSPS) is 11.6. The number of pyridine rings is 1. The Morgan fingerprint density at radius 2 is 1.76 bits per heavy atom. The maximum Gasteiger partial charge on any atom is 0.416 e. The molecule has 17 heavy (non-hydrogen) atoms. The van der Waals surface area contributed by atoms with Crippen molar-refractivity contribution in [1.82, 2.24) is 4.98 Å². The average molecular weight is 246 g/mol. The van der Waals surface area contributed by atoms with Crippen LogP contribution in [-0.2, 0) is 6.18 Å². The molecule has 1 rings (SSSR count). The van der Waals surface area contributed by atoms with Crippen molar-refractivity contribution in [3.05, 3.63) is 23.9 Å². The summed E-state index contributed by atoms with van der Waals surface area (Å²) in [6, 6.07) is 2.12. The number of halogens is 3. The van der Waals surface area contributed by atoms with Gasteiger partial charge in [-0.25, -0.2) is 4.98 Å². The minimum absolute atomic E-state index is 0.406. The Balaban J connectivity index is 2.95. The van der Waals surface area contributed by atoms with Crippen molar-refractivity contribution in [2.75, 3.05) is 18.0 Å². The molecule has 0 spiro atoms. The predicted octanol–water partition coefficient (Wildman–Crippen LogP) is 3.73. The van der Waals surface area contributed by atoms with Crippen LogP contribution in [0.1, 0.15) is 32.3 Å². The Labute approximate surface area is 99.5 Å². The number of rotatable bonds is 5. The second-order valence-electron chi connectivity index (χ2n) is 3.89. The van der Waals surface area contributed by atoms with E-state index >= 15 is 0 Å². The van der Waals surface area contributed by atoms with Crippen LogP contribution in [0.3, 0.4) is 0 Å².